The van der Waals surface area contributed by atoms with Gasteiger partial charge in [0.15, 0.2) is 0 Å². The topological polar surface area (TPSA) is 71.1 Å². The first-order chi connectivity index (χ1) is 25.9. The Morgan fingerprint density at radius 1 is 0.491 bits per heavy atom. The molecule has 0 saturated heterocycles. The fourth-order valence-electron chi connectivity index (χ4n) is 5.95. The van der Waals surface area contributed by atoms with Crippen LogP contribution in [0.15, 0.2) is 109 Å². The third-order valence-corrected chi connectivity index (χ3v) is 10.7. The lowest BCUT2D eigenvalue weighted by atomic mass is 10.0. The lowest BCUT2D eigenvalue weighted by Crippen LogP contribution is -2.12. The van der Waals surface area contributed by atoms with Crippen LogP contribution >= 0.6 is 11.3 Å². The monoisotopic (exact) mass is 732 g/mol. The summed E-state index contributed by atoms with van der Waals surface area (Å²) < 4.78 is 23.3. The molecule has 278 valence electrons. The van der Waals surface area contributed by atoms with Crippen molar-refractivity contribution in [1.29, 1.82) is 0 Å². The summed E-state index contributed by atoms with van der Waals surface area (Å²) in [6, 6.07) is 33.5. The molecular formula is C46H52O6S. The van der Waals surface area contributed by atoms with Crippen LogP contribution in [0, 0.1) is 11.8 Å². The summed E-state index contributed by atoms with van der Waals surface area (Å²) in [4.78, 5) is 27.8. The van der Waals surface area contributed by atoms with E-state index in [1.807, 2.05) is 72.8 Å². The van der Waals surface area contributed by atoms with Crippen molar-refractivity contribution < 1.29 is 28.5 Å². The summed E-state index contributed by atoms with van der Waals surface area (Å²) in [5, 5.41) is 0. The molecule has 0 amide bonds. The van der Waals surface area contributed by atoms with Gasteiger partial charge in [0.2, 0.25) is 0 Å². The van der Waals surface area contributed by atoms with Crippen molar-refractivity contribution in [3.63, 3.8) is 0 Å². The Morgan fingerprint density at radius 3 is 1.19 bits per heavy atom. The molecule has 0 bridgehead atoms. The molecule has 0 aliphatic rings. The predicted octanol–water partition coefficient (Wildman–Crippen LogP) is 12.7. The maximum absolute atomic E-state index is 12.8. The van der Waals surface area contributed by atoms with Crippen molar-refractivity contribution in [3.8, 4) is 43.9 Å². The fourth-order valence-corrected chi connectivity index (χ4v) is 6.97. The predicted molar refractivity (Wildman–Crippen MR) is 216 cm³/mol. The Kier molecular flexibility index (Phi) is 15.1. The van der Waals surface area contributed by atoms with E-state index in [-0.39, 0.29) is 0 Å². The second kappa shape index (κ2) is 20.4. The van der Waals surface area contributed by atoms with Gasteiger partial charge in [-0.1, -0.05) is 66.2 Å². The molecule has 0 N–H and O–H groups in total. The SMILES string of the molecule is CCCCC(CC)COc1ccc(C(=O)Oc2ccc(-c3ccc(-c4ccc(OC(=O)c5ccc(OCC(CC)CCCC)cc5)cc4)s3)cc2)cc1. The standard InChI is InChI=1S/C46H52O6S/c1-5-9-11-33(7-3)31-49-39-21-17-37(18-22-39)45(47)51-41-25-13-35(14-26-41)43-29-30-44(53-43)36-15-27-42(28-16-36)52-46(48)38-19-23-40(24-20-38)50-32-34(8-4)12-10-6-2/h13-30,33-34H,5-12,31-32H2,1-4H3. The molecule has 7 heteroatoms. The Hall–Kier alpha value is -4.88. The number of hydrogen-bond donors (Lipinski definition) is 0. The van der Waals surface area contributed by atoms with Crippen molar-refractivity contribution in [1.82, 2.24) is 0 Å². The molecule has 4 aromatic carbocycles. The van der Waals surface area contributed by atoms with E-state index in [4.69, 9.17) is 18.9 Å². The van der Waals surface area contributed by atoms with E-state index in [0.717, 1.165) is 45.2 Å². The molecule has 0 spiro atoms. The highest BCUT2D eigenvalue weighted by atomic mass is 32.1. The normalized spacial score (nSPS) is 12.2. The van der Waals surface area contributed by atoms with Gasteiger partial charge >= 0.3 is 11.9 Å². The van der Waals surface area contributed by atoms with Gasteiger partial charge in [0, 0.05) is 9.75 Å². The molecule has 53 heavy (non-hydrogen) atoms. The Morgan fingerprint density at radius 2 is 0.849 bits per heavy atom. The van der Waals surface area contributed by atoms with Gasteiger partial charge in [0.05, 0.1) is 24.3 Å². The molecule has 0 fully saturated rings. The van der Waals surface area contributed by atoms with Crippen LogP contribution in [0.5, 0.6) is 23.0 Å². The molecule has 6 nitrogen and oxygen atoms in total. The summed E-state index contributed by atoms with van der Waals surface area (Å²) in [7, 11) is 0. The smallest absolute Gasteiger partial charge is 0.343 e. The van der Waals surface area contributed by atoms with Crippen molar-refractivity contribution >= 4 is 23.3 Å². The Balaban J connectivity index is 1.10. The van der Waals surface area contributed by atoms with Crippen molar-refractivity contribution in [2.75, 3.05) is 13.2 Å². The van der Waals surface area contributed by atoms with Gasteiger partial charge < -0.3 is 18.9 Å². The summed E-state index contributed by atoms with van der Waals surface area (Å²) in [6.07, 6.45) is 9.34. The molecule has 2 atom stereocenters. The highest BCUT2D eigenvalue weighted by Gasteiger charge is 2.14. The highest BCUT2D eigenvalue weighted by Crippen LogP contribution is 2.36. The minimum Gasteiger partial charge on any atom is -0.493 e. The lowest BCUT2D eigenvalue weighted by Gasteiger charge is -2.15. The average Bonchev–Trinajstić information content (AvgIpc) is 3.69. The van der Waals surface area contributed by atoms with Crippen LogP contribution in [0.4, 0.5) is 0 Å². The second-order valence-corrected chi connectivity index (χ2v) is 14.6. The minimum absolute atomic E-state index is 0.410. The first-order valence-electron chi connectivity index (χ1n) is 19.1. The van der Waals surface area contributed by atoms with E-state index in [9.17, 15) is 9.59 Å². The quantitative estimate of drug-likeness (QED) is 0.0586. The molecule has 1 heterocycles. The van der Waals surface area contributed by atoms with Crippen LogP contribution in [0.2, 0.25) is 0 Å². The molecule has 0 radical (unpaired) electrons. The maximum atomic E-state index is 12.8. The van der Waals surface area contributed by atoms with Gasteiger partial charge in [-0.25, -0.2) is 9.59 Å². The van der Waals surface area contributed by atoms with Gasteiger partial charge in [-0.05, 0) is 145 Å². The molecule has 2 unspecified atom stereocenters. The van der Waals surface area contributed by atoms with Crippen molar-refractivity contribution in [2.45, 2.75) is 79.1 Å². The van der Waals surface area contributed by atoms with Gasteiger partial charge in [0.1, 0.15) is 23.0 Å². The van der Waals surface area contributed by atoms with E-state index in [1.54, 1.807) is 35.6 Å². The van der Waals surface area contributed by atoms with Gasteiger partial charge in [-0.15, -0.1) is 11.3 Å². The van der Waals surface area contributed by atoms with Gasteiger partial charge in [-0.2, -0.15) is 0 Å². The number of ether oxygens (including phenoxy) is 4. The fraction of sp³-hybridized carbons (Fsp3) is 0.348. The van der Waals surface area contributed by atoms with Gasteiger partial charge in [-0.3, -0.25) is 0 Å². The molecular weight excluding hydrogens is 681 g/mol. The number of unbranched alkanes of at least 4 members (excludes halogenated alkanes) is 2. The summed E-state index contributed by atoms with van der Waals surface area (Å²) in [5.41, 5.74) is 2.99. The summed E-state index contributed by atoms with van der Waals surface area (Å²) >= 11 is 1.66. The van der Waals surface area contributed by atoms with E-state index < -0.39 is 11.9 Å². The third-order valence-electron chi connectivity index (χ3n) is 9.54. The van der Waals surface area contributed by atoms with E-state index >= 15 is 0 Å². The number of thiophene rings is 1. The van der Waals surface area contributed by atoms with Crippen molar-refractivity contribution in [2.24, 2.45) is 11.8 Å². The van der Waals surface area contributed by atoms with Crippen LogP contribution < -0.4 is 18.9 Å². The van der Waals surface area contributed by atoms with Gasteiger partial charge in [0.25, 0.3) is 0 Å². The van der Waals surface area contributed by atoms with Crippen LogP contribution in [0.3, 0.4) is 0 Å². The number of carbonyl (C=O) groups is 2. The number of esters is 2. The molecule has 5 aromatic rings. The molecule has 0 saturated carbocycles. The molecule has 0 aliphatic heterocycles. The number of rotatable bonds is 20. The largest absolute Gasteiger partial charge is 0.493 e. The highest BCUT2D eigenvalue weighted by molar-refractivity contribution is 7.18. The lowest BCUT2D eigenvalue weighted by molar-refractivity contribution is 0.0725. The van der Waals surface area contributed by atoms with Crippen LogP contribution in [0.1, 0.15) is 99.8 Å². The zero-order chi connectivity index (χ0) is 37.4. The zero-order valence-electron chi connectivity index (χ0n) is 31.5. The Labute approximate surface area is 319 Å². The summed E-state index contributed by atoms with van der Waals surface area (Å²) in [5.74, 6) is 2.75. The third kappa shape index (κ3) is 11.8. The van der Waals surface area contributed by atoms with E-state index in [1.165, 1.54) is 38.5 Å². The van der Waals surface area contributed by atoms with Crippen LogP contribution in [-0.4, -0.2) is 25.2 Å². The molecule has 0 aliphatic carbocycles. The number of benzene rings is 4. The maximum Gasteiger partial charge on any atom is 0.343 e. The number of hydrogen-bond acceptors (Lipinski definition) is 7. The average molecular weight is 733 g/mol. The summed E-state index contributed by atoms with van der Waals surface area (Å²) in [6.45, 7) is 10.2. The van der Waals surface area contributed by atoms with Crippen molar-refractivity contribution in [3.05, 3.63) is 120 Å². The molecule has 5 rings (SSSR count). The van der Waals surface area contributed by atoms with E-state index in [2.05, 4.69) is 39.8 Å². The second-order valence-electron chi connectivity index (χ2n) is 13.5. The van der Waals surface area contributed by atoms with Crippen LogP contribution in [-0.2, 0) is 0 Å². The first kappa shape index (κ1) is 39.3. The Bertz CT molecular complexity index is 1710. The number of carbonyl (C=O) groups excluding carboxylic acids is 2. The zero-order valence-corrected chi connectivity index (χ0v) is 32.3. The van der Waals surface area contributed by atoms with Crippen LogP contribution in [0.25, 0.3) is 20.9 Å². The first-order valence-corrected chi connectivity index (χ1v) is 19.9. The minimum atomic E-state index is -0.410. The van der Waals surface area contributed by atoms with E-state index in [0.29, 0.717) is 47.7 Å². The molecule has 1 aromatic heterocycles.